The zero-order valence-corrected chi connectivity index (χ0v) is 9.98. The first kappa shape index (κ1) is 11.6. The Labute approximate surface area is 102 Å². The van der Waals surface area contributed by atoms with Crippen LogP contribution in [0.2, 0.25) is 0 Å². The van der Waals surface area contributed by atoms with Gasteiger partial charge in [0.15, 0.2) is 0 Å². The maximum absolute atomic E-state index is 11.6. The summed E-state index contributed by atoms with van der Waals surface area (Å²) in [4.78, 5) is 11.6. The number of rotatable bonds is 4. The lowest BCUT2D eigenvalue weighted by atomic mass is 10.1. The smallest absolute Gasteiger partial charge is 0.343 e. The van der Waals surface area contributed by atoms with Gasteiger partial charge in [-0.25, -0.2) is 4.79 Å². The maximum atomic E-state index is 11.6. The van der Waals surface area contributed by atoms with E-state index < -0.39 is 0 Å². The molecule has 0 unspecified atom stereocenters. The number of carbonyl (C=O) groups is 1. The van der Waals surface area contributed by atoms with E-state index in [-0.39, 0.29) is 5.97 Å². The highest BCUT2D eigenvalue weighted by Crippen LogP contribution is 2.23. The van der Waals surface area contributed by atoms with Gasteiger partial charge in [0, 0.05) is 6.42 Å². The molecule has 0 radical (unpaired) electrons. The zero-order valence-electron chi connectivity index (χ0n) is 9.98. The summed E-state index contributed by atoms with van der Waals surface area (Å²) >= 11 is 0. The number of unbranched alkanes of at least 4 members (excludes halogenated alkanes) is 1. The Morgan fingerprint density at radius 2 is 2.00 bits per heavy atom. The largest absolute Gasteiger partial charge is 0.427 e. The van der Waals surface area contributed by atoms with E-state index in [1.54, 1.807) is 0 Å². The normalized spacial score (nSPS) is 17.1. The predicted octanol–water partition coefficient (Wildman–Crippen LogP) is 3.70. The molecular formula is C15H16O2. The van der Waals surface area contributed by atoms with E-state index in [1.165, 1.54) is 0 Å². The molecule has 1 heterocycles. The van der Waals surface area contributed by atoms with Crippen LogP contribution >= 0.6 is 0 Å². The van der Waals surface area contributed by atoms with Crippen LogP contribution in [0.1, 0.15) is 31.7 Å². The van der Waals surface area contributed by atoms with Gasteiger partial charge in [-0.3, -0.25) is 0 Å². The van der Waals surface area contributed by atoms with E-state index in [0.717, 1.165) is 30.6 Å². The highest BCUT2D eigenvalue weighted by molar-refractivity contribution is 5.99. The van der Waals surface area contributed by atoms with Crippen LogP contribution < -0.4 is 0 Å². The van der Waals surface area contributed by atoms with Crippen LogP contribution in [-0.4, -0.2) is 5.97 Å². The van der Waals surface area contributed by atoms with Gasteiger partial charge in [-0.2, -0.15) is 0 Å². The van der Waals surface area contributed by atoms with Crippen LogP contribution in [0, 0.1) is 0 Å². The molecule has 0 bridgehead atoms. The van der Waals surface area contributed by atoms with Crippen molar-refractivity contribution in [2.45, 2.75) is 26.2 Å². The summed E-state index contributed by atoms with van der Waals surface area (Å²) in [7, 11) is 0. The molecule has 0 fully saturated rings. The lowest BCUT2D eigenvalue weighted by Crippen LogP contribution is -1.97. The average Bonchev–Trinajstić information content (AvgIpc) is 2.69. The van der Waals surface area contributed by atoms with Crippen molar-refractivity contribution in [2.75, 3.05) is 0 Å². The summed E-state index contributed by atoms with van der Waals surface area (Å²) in [5.41, 5.74) is 1.66. The minimum Gasteiger partial charge on any atom is -0.427 e. The summed E-state index contributed by atoms with van der Waals surface area (Å²) in [5.74, 6) is 0.555. The first-order valence-corrected chi connectivity index (χ1v) is 5.99. The monoisotopic (exact) mass is 228 g/mol. The van der Waals surface area contributed by atoms with Gasteiger partial charge < -0.3 is 4.74 Å². The van der Waals surface area contributed by atoms with Crippen molar-refractivity contribution in [3.63, 3.8) is 0 Å². The number of carbonyl (C=O) groups excluding carboxylic acids is 1. The number of hydrogen-bond donors (Lipinski definition) is 0. The van der Waals surface area contributed by atoms with Crippen LogP contribution in [0.4, 0.5) is 0 Å². The molecule has 0 aromatic heterocycles. The third-order valence-corrected chi connectivity index (χ3v) is 2.67. The van der Waals surface area contributed by atoms with E-state index in [1.807, 2.05) is 42.5 Å². The lowest BCUT2D eigenvalue weighted by molar-refractivity contribution is -0.133. The van der Waals surface area contributed by atoms with Crippen molar-refractivity contribution >= 4 is 12.0 Å². The number of hydrogen-bond acceptors (Lipinski definition) is 2. The Morgan fingerprint density at radius 1 is 1.24 bits per heavy atom. The van der Waals surface area contributed by atoms with E-state index in [9.17, 15) is 4.79 Å². The number of cyclic esters (lactones) is 1. The van der Waals surface area contributed by atoms with E-state index in [4.69, 9.17) is 4.74 Å². The summed E-state index contributed by atoms with van der Waals surface area (Å²) in [5, 5.41) is 0. The molecule has 88 valence electrons. The molecule has 0 aliphatic carbocycles. The molecule has 0 amide bonds. The fraction of sp³-hybridized carbons (Fsp3) is 0.267. The van der Waals surface area contributed by atoms with E-state index >= 15 is 0 Å². The summed E-state index contributed by atoms with van der Waals surface area (Å²) in [6.07, 6.45) is 6.71. The fourth-order valence-corrected chi connectivity index (χ4v) is 1.74. The summed E-state index contributed by atoms with van der Waals surface area (Å²) < 4.78 is 5.20. The molecule has 1 aliphatic rings. The molecule has 1 aromatic carbocycles. The molecule has 2 rings (SSSR count). The molecule has 2 nitrogen and oxygen atoms in total. The Morgan fingerprint density at radius 3 is 2.71 bits per heavy atom. The van der Waals surface area contributed by atoms with E-state index in [2.05, 4.69) is 6.92 Å². The van der Waals surface area contributed by atoms with E-state index in [0.29, 0.717) is 5.57 Å². The predicted molar refractivity (Wildman–Crippen MR) is 68.1 cm³/mol. The SMILES string of the molecule is CCCCC1=C/C(=C\c2ccccc2)C(=O)O1. The minimum atomic E-state index is -0.236. The number of ether oxygens (including phenoxy) is 1. The van der Waals surface area contributed by atoms with Gasteiger partial charge in [0.2, 0.25) is 0 Å². The molecule has 2 heteroatoms. The molecule has 0 N–H and O–H groups in total. The van der Waals surface area contributed by atoms with Gasteiger partial charge in [-0.1, -0.05) is 43.7 Å². The topological polar surface area (TPSA) is 26.3 Å². The molecule has 17 heavy (non-hydrogen) atoms. The highest BCUT2D eigenvalue weighted by Gasteiger charge is 2.19. The van der Waals surface area contributed by atoms with Gasteiger partial charge in [0.1, 0.15) is 5.76 Å². The molecule has 0 atom stereocenters. The first-order chi connectivity index (χ1) is 8.29. The van der Waals surface area contributed by atoms with Crippen molar-refractivity contribution in [1.29, 1.82) is 0 Å². The standard InChI is InChI=1S/C15H16O2/c1-2-3-9-14-11-13(15(16)17-14)10-12-7-5-4-6-8-12/h4-8,10-11H,2-3,9H2,1H3/b13-10+. The Kier molecular flexibility index (Phi) is 3.76. The van der Waals surface area contributed by atoms with Gasteiger partial charge >= 0.3 is 5.97 Å². The van der Waals surface area contributed by atoms with Crippen molar-refractivity contribution in [1.82, 2.24) is 0 Å². The third kappa shape index (κ3) is 3.06. The van der Waals surface area contributed by atoms with Crippen LogP contribution in [0.25, 0.3) is 6.08 Å². The second kappa shape index (κ2) is 5.48. The second-order valence-electron chi connectivity index (χ2n) is 4.11. The van der Waals surface area contributed by atoms with Gasteiger partial charge in [-0.05, 0) is 24.1 Å². The van der Waals surface area contributed by atoms with Crippen molar-refractivity contribution in [3.8, 4) is 0 Å². The van der Waals surface area contributed by atoms with Crippen molar-refractivity contribution < 1.29 is 9.53 Å². The third-order valence-electron chi connectivity index (χ3n) is 2.67. The summed E-state index contributed by atoms with van der Waals surface area (Å²) in [6.45, 7) is 2.12. The molecule has 0 saturated carbocycles. The number of benzene rings is 1. The summed E-state index contributed by atoms with van der Waals surface area (Å²) in [6, 6.07) is 9.80. The van der Waals surface area contributed by atoms with Crippen LogP contribution in [0.15, 0.2) is 47.7 Å². The van der Waals surface area contributed by atoms with Crippen molar-refractivity contribution in [3.05, 3.63) is 53.3 Å². The molecule has 1 aliphatic heterocycles. The number of esters is 1. The van der Waals surface area contributed by atoms with Gasteiger partial charge in [0.05, 0.1) is 5.57 Å². The van der Waals surface area contributed by atoms with Crippen LogP contribution in [0.3, 0.4) is 0 Å². The number of allylic oxidation sites excluding steroid dienone is 1. The zero-order chi connectivity index (χ0) is 12.1. The fourth-order valence-electron chi connectivity index (χ4n) is 1.74. The molecule has 1 aromatic rings. The maximum Gasteiger partial charge on any atom is 0.343 e. The molecular weight excluding hydrogens is 212 g/mol. The van der Waals surface area contributed by atoms with Crippen LogP contribution in [0.5, 0.6) is 0 Å². The second-order valence-corrected chi connectivity index (χ2v) is 4.11. The average molecular weight is 228 g/mol. The highest BCUT2D eigenvalue weighted by atomic mass is 16.5. The van der Waals surface area contributed by atoms with Crippen LogP contribution in [-0.2, 0) is 9.53 Å². The van der Waals surface area contributed by atoms with Crippen molar-refractivity contribution in [2.24, 2.45) is 0 Å². The first-order valence-electron chi connectivity index (χ1n) is 5.99. The van der Waals surface area contributed by atoms with Gasteiger partial charge in [-0.15, -0.1) is 0 Å². The molecule has 0 spiro atoms. The van der Waals surface area contributed by atoms with Gasteiger partial charge in [0.25, 0.3) is 0 Å². The Bertz CT molecular complexity index is 455. The molecule has 0 saturated heterocycles. The lowest BCUT2D eigenvalue weighted by Gasteiger charge is -1.98. The Hall–Kier alpha value is -1.83. The Balaban J connectivity index is 2.13. The minimum absolute atomic E-state index is 0.236. The quantitative estimate of drug-likeness (QED) is 0.580.